The summed E-state index contributed by atoms with van der Waals surface area (Å²) in [6.45, 7) is 13.9. The van der Waals surface area contributed by atoms with Crippen LogP contribution in [0.3, 0.4) is 0 Å². The number of hydrogen-bond acceptors (Lipinski definition) is 4. The second-order valence-electron chi connectivity index (χ2n) is 14.1. The van der Waals surface area contributed by atoms with Gasteiger partial charge in [0.1, 0.15) is 11.8 Å². The van der Waals surface area contributed by atoms with Gasteiger partial charge in [-0.05, 0) is 91.8 Å². The minimum atomic E-state index is -0.390. The first kappa shape index (κ1) is 24.9. The summed E-state index contributed by atoms with van der Waals surface area (Å²) in [7, 11) is 0. The minimum Gasteiger partial charge on any atom is -0.462 e. The molecule has 0 aromatic rings. The maximum absolute atomic E-state index is 12.8. The lowest BCUT2D eigenvalue weighted by Crippen LogP contribution is -2.60. The zero-order valence-electron chi connectivity index (χ0n) is 23.3. The van der Waals surface area contributed by atoms with Crippen molar-refractivity contribution in [3.63, 3.8) is 0 Å². The van der Waals surface area contributed by atoms with Crippen LogP contribution < -0.4 is 0 Å². The van der Waals surface area contributed by atoms with Crippen molar-refractivity contribution in [1.82, 2.24) is 4.90 Å². The normalized spacial score (nSPS) is 51.6. The van der Waals surface area contributed by atoms with Gasteiger partial charge in [0, 0.05) is 32.7 Å². The van der Waals surface area contributed by atoms with E-state index in [0.29, 0.717) is 23.7 Å². The lowest BCUT2D eigenvalue weighted by atomic mass is 9.46. The van der Waals surface area contributed by atoms with E-state index in [4.69, 9.17) is 9.47 Å². The molecule has 2 saturated heterocycles. The van der Waals surface area contributed by atoms with Gasteiger partial charge in [0.2, 0.25) is 5.91 Å². The van der Waals surface area contributed by atoms with Crippen LogP contribution in [-0.4, -0.2) is 41.3 Å². The van der Waals surface area contributed by atoms with Crippen molar-refractivity contribution in [2.24, 2.45) is 46.3 Å². The van der Waals surface area contributed by atoms with E-state index in [1.54, 1.807) is 12.5 Å². The number of carbonyl (C=O) groups is 2. The van der Waals surface area contributed by atoms with Crippen molar-refractivity contribution in [1.29, 1.82) is 0 Å². The van der Waals surface area contributed by atoms with E-state index in [2.05, 4.69) is 38.7 Å². The Hall–Kier alpha value is -1.36. The number of ether oxygens (including phenoxy) is 2. The number of hydrogen-bond donors (Lipinski definition) is 0. The van der Waals surface area contributed by atoms with Crippen molar-refractivity contribution in [2.45, 2.75) is 117 Å². The highest BCUT2D eigenvalue weighted by Crippen LogP contribution is 2.70. The molecule has 5 heteroatoms. The third-order valence-electron chi connectivity index (χ3n) is 12.4. The summed E-state index contributed by atoms with van der Waals surface area (Å²) < 4.78 is 12.7. The number of amides is 1. The number of nitrogens with zero attached hydrogens (tertiary/aromatic N) is 1. The number of piperidine rings is 1. The molecule has 2 heterocycles. The van der Waals surface area contributed by atoms with Crippen LogP contribution in [0.25, 0.3) is 0 Å². The molecule has 0 aromatic heterocycles. The van der Waals surface area contributed by atoms with E-state index in [0.717, 1.165) is 56.9 Å². The molecule has 11 atom stereocenters. The molecule has 0 N–H and O–H groups in total. The van der Waals surface area contributed by atoms with Crippen molar-refractivity contribution < 1.29 is 19.1 Å². The average Bonchev–Trinajstić information content (AvgIpc) is 3.26. The van der Waals surface area contributed by atoms with Gasteiger partial charge in [0.05, 0.1) is 6.10 Å². The Balaban J connectivity index is 1.26. The fourth-order valence-corrected chi connectivity index (χ4v) is 10.8. The molecule has 4 aliphatic carbocycles. The second-order valence-corrected chi connectivity index (χ2v) is 14.1. The largest absolute Gasteiger partial charge is 0.462 e. The van der Waals surface area contributed by atoms with E-state index >= 15 is 0 Å². The van der Waals surface area contributed by atoms with Gasteiger partial charge in [-0.3, -0.25) is 9.59 Å². The Morgan fingerprint density at radius 1 is 1.06 bits per heavy atom. The SMILES string of the molecule is CC(=O)OC1CCC2(C)C(=CCC3C2CCC2(C)C3CC3O[C@]4(CCC(C)CN4C(C)=O)C(C)C32)C1. The van der Waals surface area contributed by atoms with Crippen LogP contribution in [0.2, 0.25) is 0 Å². The van der Waals surface area contributed by atoms with Gasteiger partial charge in [-0.2, -0.15) is 0 Å². The molecule has 2 aliphatic heterocycles. The molecule has 0 bridgehead atoms. The van der Waals surface area contributed by atoms with Crippen molar-refractivity contribution in [3.8, 4) is 0 Å². The van der Waals surface area contributed by atoms with Crippen molar-refractivity contribution in [3.05, 3.63) is 11.6 Å². The fourth-order valence-electron chi connectivity index (χ4n) is 10.8. The highest BCUT2D eigenvalue weighted by Gasteiger charge is 2.69. The molecule has 0 radical (unpaired) electrons. The summed E-state index contributed by atoms with van der Waals surface area (Å²) in [4.78, 5) is 26.5. The molecule has 36 heavy (non-hydrogen) atoms. The molecule has 1 amide bonds. The Labute approximate surface area is 217 Å². The van der Waals surface area contributed by atoms with E-state index in [9.17, 15) is 9.59 Å². The van der Waals surface area contributed by atoms with E-state index in [-0.39, 0.29) is 40.6 Å². The Kier molecular flexibility index (Phi) is 5.76. The summed E-state index contributed by atoms with van der Waals surface area (Å²) in [5, 5.41) is 0. The van der Waals surface area contributed by atoms with E-state index in [1.165, 1.54) is 26.2 Å². The van der Waals surface area contributed by atoms with Crippen LogP contribution in [0.5, 0.6) is 0 Å². The van der Waals surface area contributed by atoms with E-state index in [1.807, 2.05) is 0 Å². The molecule has 6 rings (SSSR count). The molecule has 200 valence electrons. The van der Waals surface area contributed by atoms with Gasteiger partial charge in [-0.15, -0.1) is 0 Å². The zero-order valence-corrected chi connectivity index (χ0v) is 23.3. The first-order valence-corrected chi connectivity index (χ1v) is 14.8. The molecular formula is C31H47NO4. The summed E-state index contributed by atoms with van der Waals surface area (Å²) in [6.07, 6.45) is 13.0. The maximum atomic E-state index is 12.8. The highest BCUT2D eigenvalue weighted by atomic mass is 16.5. The van der Waals surface area contributed by atoms with Crippen LogP contribution in [0.4, 0.5) is 0 Å². The standard InChI is InChI=1S/C31H47NO4/c1-18-9-14-31(32(17-18)20(3)33)19(2)28-27(36-31)16-26-24-8-7-22-15-23(35-21(4)34)10-12-29(22,5)25(24)11-13-30(26,28)6/h7,18-19,23-28H,8-17H2,1-6H3/t18?,19?,23?,24?,25?,26?,27?,28?,29?,30?,31-/m1/s1. The molecule has 1 spiro atoms. The first-order valence-electron chi connectivity index (χ1n) is 14.8. The van der Waals surface area contributed by atoms with Crippen LogP contribution in [-0.2, 0) is 19.1 Å². The lowest BCUT2D eigenvalue weighted by Gasteiger charge is -2.59. The highest BCUT2D eigenvalue weighted by molar-refractivity contribution is 5.74. The van der Waals surface area contributed by atoms with Crippen molar-refractivity contribution >= 4 is 11.9 Å². The molecular weight excluding hydrogens is 450 g/mol. The number of likely N-dealkylation sites (tertiary alicyclic amines) is 1. The van der Waals surface area contributed by atoms with Gasteiger partial charge in [0.15, 0.2) is 0 Å². The smallest absolute Gasteiger partial charge is 0.302 e. The van der Waals surface area contributed by atoms with Crippen LogP contribution in [0.1, 0.15) is 99.3 Å². The lowest BCUT2D eigenvalue weighted by molar-refractivity contribution is -0.200. The number of allylic oxidation sites excluding steroid dienone is 1. The predicted molar refractivity (Wildman–Crippen MR) is 139 cm³/mol. The van der Waals surface area contributed by atoms with Crippen LogP contribution in [0.15, 0.2) is 11.6 Å². The fraction of sp³-hybridized carbons (Fsp3) is 0.871. The van der Waals surface area contributed by atoms with Crippen LogP contribution >= 0.6 is 0 Å². The predicted octanol–water partition coefficient (Wildman–Crippen LogP) is 6.12. The molecule has 5 fully saturated rings. The topological polar surface area (TPSA) is 55.8 Å². The number of fused-ring (bicyclic) bond motifs is 7. The zero-order chi connectivity index (χ0) is 25.6. The summed E-state index contributed by atoms with van der Waals surface area (Å²) in [6, 6.07) is 0. The third kappa shape index (κ3) is 3.36. The van der Waals surface area contributed by atoms with Crippen LogP contribution in [0, 0.1) is 46.3 Å². The van der Waals surface area contributed by atoms with Gasteiger partial charge in [0.25, 0.3) is 0 Å². The quantitative estimate of drug-likeness (QED) is 0.324. The van der Waals surface area contributed by atoms with Crippen molar-refractivity contribution in [2.75, 3.05) is 6.54 Å². The van der Waals surface area contributed by atoms with Gasteiger partial charge >= 0.3 is 5.97 Å². The summed E-state index contributed by atoms with van der Waals surface area (Å²) in [5.41, 5.74) is 1.70. The van der Waals surface area contributed by atoms with Gasteiger partial charge in [-0.25, -0.2) is 0 Å². The summed E-state index contributed by atoms with van der Waals surface area (Å²) in [5.74, 6) is 3.64. The molecule has 10 unspecified atom stereocenters. The molecule has 0 aromatic carbocycles. The number of carbonyl (C=O) groups excluding carboxylic acids is 2. The average molecular weight is 498 g/mol. The maximum Gasteiger partial charge on any atom is 0.302 e. The molecule has 5 nitrogen and oxygen atoms in total. The van der Waals surface area contributed by atoms with E-state index < -0.39 is 0 Å². The summed E-state index contributed by atoms with van der Waals surface area (Å²) >= 11 is 0. The molecule has 6 aliphatic rings. The molecule has 3 saturated carbocycles. The monoisotopic (exact) mass is 497 g/mol. The Morgan fingerprint density at radius 3 is 2.56 bits per heavy atom. The number of esters is 1. The third-order valence-corrected chi connectivity index (χ3v) is 12.4. The minimum absolute atomic E-state index is 0.0611. The second kappa shape index (κ2) is 8.32. The first-order chi connectivity index (χ1) is 17.0. The van der Waals surface area contributed by atoms with Gasteiger partial charge in [-0.1, -0.05) is 39.3 Å². The Bertz CT molecular complexity index is 976. The van der Waals surface area contributed by atoms with Gasteiger partial charge < -0.3 is 14.4 Å². The number of rotatable bonds is 1. The Morgan fingerprint density at radius 2 is 1.83 bits per heavy atom.